The maximum Gasteiger partial charge on any atom is 1.00 e. The van der Waals surface area contributed by atoms with Crippen molar-refractivity contribution in [2.75, 3.05) is 6.54 Å². The second kappa shape index (κ2) is 9.83. The van der Waals surface area contributed by atoms with Gasteiger partial charge in [0.2, 0.25) is 0 Å². The van der Waals surface area contributed by atoms with Gasteiger partial charge in [0.1, 0.15) is 17.7 Å². The summed E-state index contributed by atoms with van der Waals surface area (Å²) in [6, 6.07) is 3.46. The number of allylic oxidation sites excluding steroid dienone is 1. The Balaban J connectivity index is 0. The minimum Gasteiger partial charge on any atom is -0.761 e. The predicted octanol–water partition coefficient (Wildman–Crippen LogP) is -1.81. The molecule has 0 aromatic heterocycles. The van der Waals surface area contributed by atoms with E-state index in [2.05, 4.69) is 12.2 Å². The van der Waals surface area contributed by atoms with Gasteiger partial charge in [0, 0.05) is 6.54 Å². The van der Waals surface area contributed by atoms with E-state index in [1.165, 1.54) is 0 Å². The molecule has 0 spiro atoms. The number of nitrogens with one attached hydrogen (secondary N) is 1. The standard InChI is InChI=1S/C8H11N3S.Na/c1-2-3-4-11-8(12)7(5-9)6-10;/h11-12H,2-4H2,1H3;/q;+1/p-1. The van der Waals surface area contributed by atoms with Gasteiger partial charge in [0.15, 0.2) is 0 Å². The molecular formula is C8H10N3NaS. The van der Waals surface area contributed by atoms with Gasteiger partial charge in [-0.1, -0.05) is 18.4 Å². The van der Waals surface area contributed by atoms with Crippen LogP contribution in [-0.4, -0.2) is 6.54 Å². The van der Waals surface area contributed by atoms with E-state index in [0.29, 0.717) is 0 Å². The number of nitriles is 2. The number of unbranched alkanes of at least 4 members (excludes halogenated alkanes) is 1. The van der Waals surface area contributed by atoms with E-state index in [4.69, 9.17) is 23.2 Å². The quantitative estimate of drug-likeness (QED) is 0.253. The molecule has 0 saturated carbocycles. The van der Waals surface area contributed by atoms with Gasteiger partial charge >= 0.3 is 29.6 Å². The monoisotopic (exact) mass is 203 g/mol. The molecule has 0 aliphatic carbocycles. The van der Waals surface area contributed by atoms with Gasteiger partial charge in [0.05, 0.1) is 0 Å². The topological polar surface area (TPSA) is 59.6 Å². The molecule has 1 N–H and O–H groups in total. The molecule has 0 aromatic carbocycles. The summed E-state index contributed by atoms with van der Waals surface area (Å²) in [4.78, 5) is 0. The molecule has 64 valence electrons. The zero-order chi connectivity index (χ0) is 9.40. The van der Waals surface area contributed by atoms with E-state index in [1.54, 1.807) is 12.1 Å². The largest absolute Gasteiger partial charge is 1.00 e. The molecule has 0 bridgehead atoms. The van der Waals surface area contributed by atoms with Crippen LogP contribution in [0.1, 0.15) is 19.8 Å². The van der Waals surface area contributed by atoms with Crippen molar-refractivity contribution >= 4 is 12.6 Å². The van der Waals surface area contributed by atoms with Crippen LogP contribution in [0.15, 0.2) is 10.6 Å². The van der Waals surface area contributed by atoms with Crippen molar-refractivity contribution in [1.29, 1.82) is 10.5 Å². The Bertz CT molecular complexity index is 233. The molecule has 5 heteroatoms. The summed E-state index contributed by atoms with van der Waals surface area (Å²) in [5.74, 6) is 0. The fourth-order valence-electron chi connectivity index (χ4n) is 0.594. The third kappa shape index (κ3) is 6.86. The summed E-state index contributed by atoms with van der Waals surface area (Å²) in [7, 11) is 0. The molecular weight excluding hydrogens is 193 g/mol. The number of hydrogen-bond acceptors (Lipinski definition) is 4. The van der Waals surface area contributed by atoms with Crippen molar-refractivity contribution in [3.05, 3.63) is 10.6 Å². The van der Waals surface area contributed by atoms with E-state index in [9.17, 15) is 0 Å². The average Bonchev–Trinajstić information content (AvgIpc) is 2.07. The Morgan fingerprint density at radius 3 is 2.31 bits per heavy atom. The first-order chi connectivity index (χ1) is 5.76. The minimum absolute atomic E-state index is 0. The van der Waals surface area contributed by atoms with E-state index < -0.39 is 0 Å². The van der Waals surface area contributed by atoms with E-state index in [-0.39, 0.29) is 40.2 Å². The van der Waals surface area contributed by atoms with Crippen molar-refractivity contribution in [2.24, 2.45) is 0 Å². The summed E-state index contributed by atoms with van der Waals surface area (Å²) in [6.07, 6.45) is 2.05. The van der Waals surface area contributed by atoms with Crippen LogP contribution in [0.2, 0.25) is 0 Å². The molecule has 0 rings (SSSR count). The Morgan fingerprint density at radius 2 is 1.92 bits per heavy atom. The number of rotatable bonds is 4. The summed E-state index contributed by atoms with van der Waals surface area (Å²) in [6.45, 7) is 2.78. The van der Waals surface area contributed by atoms with Crippen LogP contribution < -0.4 is 34.9 Å². The molecule has 13 heavy (non-hydrogen) atoms. The molecule has 0 heterocycles. The molecule has 0 saturated heterocycles. The van der Waals surface area contributed by atoms with Gasteiger partial charge in [-0.15, -0.1) is 0 Å². The maximum atomic E-state index is 8.42. The summed E-state index contributed by atoms with van der Waals surface area (Å²) >= 11 is 4.79. The molecule has 0 radical (unpaired) electrons. The van der Waals surface area contributed by atoms with Crippen molar-refractivity contribution in [1.82, 2.24) is 5.32 Å². The molecule has 0 atom stereocenters. The van der Waals surface area contributed by atoms with Crippen molar-refractivity contribution in [3.8, 4) is 12.1 Å². The van der Waals surface area contributed by atoms with Crippen LogP contribution in [0, 0.1) is 22.7 Å². The van der Waals surface area contributed by atoms with Crippen molar-refractivity contribution < 1.29 is 29.6 Å². The van der Waals surface area contributed by atoms with E-state index in [1.807, 2.05) is 0 Å². The van der Waals surface area contributed by atoms with Gasteiger partial charge in [-0.2, -0.15) is 10.5 Å². The normalized spacial score (nSPS) is 7.31. The SMILES string of the molecule is CCCCNC([S-])=C(C#N)C#N.[Na+]. The summed E-state index contributed by atoms with van der Waals surface area (Å²) in [5.41, 5.74) is -0.0129. The predicted molar refractivity (Wildman–Crippen MR) is 48.5 cm³/mol. The molecule has 3 nitrogen and oxygen atoms in total. The molecule has 0 unspecified atom stereocenters. The zero-order valence-electron chi connectivity index (χ0n) is 7.92. The second-order valence-electron chi connectivity index (χ2n) is 2.21. The fraction of sp³-hybridized carbons (Fsp3) is 0.500. The Hall–Kier alpha value is -0.260. The van der Waals surface area contributed by atoms with Gasteiger partial charge in [0.25, 0.3) is 0 Å². The van der Waals surface area contributed by atoms with Crippen LogP contribution in [0.3, 0.4) is 0 Å². The van der Waals surface area contributed by atoms with Gasteiger partial charge in [-0.25, -0.2) is 0 Å². The van der Waals surface area contributed by atoms with Crippen LogP contribution in [0.4, 0.5) is 0 Å². The van der Waals surface area contributed by atoms with Gasteiger partial charge < -0.3 is 17.9 Å². The first kappa shape index (κ1) is 15.2. The van der Waals surface area contributed by atoms with Crippen LogP contribution in [-0.2, 0) is 12.6 Å². The van der Waals surface area contributed by atoms with Crippen LogP contribution in [0.5, 0.6) is 0 Å². The van der Waals surface area contributed by atoms with E-state index in [0.717, 1.165) is 19.4 Å². The first-order valence-electron chi connectivity index (χ1n) is 3.71. The zero-order valence-corrected chi connectivity index (χ0v) is 10.7. The molecule has 0 aromatic rings. The molecule has 0 fully saturated rings. The van der Waals surface area contributed by atoms with Crippen LogP contribution in [0.25, 0.3) is 0 Å². The van der Waals surface area contributed by atoms with Crippen molar-refractivity contribution in [2.45, 2.75) is 19.8 Å². The molecule has 0 amide bonds. The fourth-order valence-corrected chi connectivity index (χ4v) is 0.787. The maximum absolute atomic E-state index is 8.42. The second-order valence-corrected chi connectivity index (χ2v) is 2.62. The Kier molecular flexibility index (Phi) is 11.5. The molecule has 0 aliphatic rings. The molecule has 0 aliphatic heterocycles. The smallest absolute Gasteiger partial charge is 0.761 e. The summed E-state index contributed by atoms with van der Waals surface area (Å²) in [5, 5.41) is 19.9. The van der Waals surface area contributed by atoms with E-state index >= 15 is 0 Å². The average molecular weight is 203 g/mol. The minimum atomic E-state index is -0.0129. The van der Waals surface area contributed by atoms with Gasteiger partial charge in [-0.3, -0.25) is 0 Å². The van der Waals surface area contributed by atoms with Crippen LogP contribution >= 0.6 is 0 Å². The first-order valence-corrected chi connectivity index (χ1v) is 4.12. The Morgan fingerprint density at radius 1 is 1.38 bits per heavy atom. The number of nitrogens with zero attached hydrogens (tertiary/aromatic N) is 2. The number of hydrogen-bond donors (Lipinski definition) is 1. The summed E-state index contributed by atoms with van der Waals surface area (Å²) < 4.78 is 0. The Labute approximate surface area is 107 Å². The third-order valence-electron chi connectivity index (χ3n) is 1.27. The third-order valence-corrected chi connectivity index (χ3v) is 1.62. The van der Waals surface area contributed by atoms with Crippen molar-refractivity contribution in [3.63, 3.8) is 0 Å². The van der Waals surface area contributed by atoms with Gasteiger partial charge in [-0.05, 0) is 6.42 Å².